The van der Waals surface area contributed by atoms with Crippen LogP contribution in [0.2, 0.25) is 0 Å². The van der Waals surface area contributed by atoms with Crippen LogP contribution in [0.1, 0.15) is 21.7 Å². The molecule has 0 unspecified atom stereocenters. The topological polar surface area (TPSA) is 36.1 Å². The average molecular weight is 166 g/mol. The Labute approximate surface area is 72.4 Å². The number of aldehydes is 1. The molecular weight excluding hydrogens is 152 g/mol. The predicted octanol–water partition coefficient (Wildman–Crippen LogP) is 1.51. The highest BCUT2D eigenvalue weighted by molar-refractivity contribution is 5.80. The van der Waals surface area contributed by atoms with Gasteiger partial charge in [0.2, 0.25) is 0 Å². The minimum atomic E-state index is 0.677. The number of rotatable bonds is 2. The van der Waals surface area contributed by atoms with Gasteiger partial charge in [0.15, 0.2) is 6.29 Å². The van der Waals surface area contributed by atoms with Gasteiger partial charge in [0.1, 0.15) is 0 Å². The highest BCUT2D eigenvalue weighted by Crippen LogP contribution is 2.24. The van der Waals surface area contributed by atoms with Crippen LogP contribution in [0.5, 0.6) is 0 Å². The molecule has 0 saturated heterocycles. The first-order valence-electron chi connectivity index (χ1n) is 3.89. The molecule has 0 bridgehead atoms. The van der Waals surface area contributed by atoms with Crippen LogP contribution >= 0.6 is 0 Å². The van der Waals surface area contributed by atoms with Gasteiger partial charge in [-0.2, -0.15) is 0 Å². The van der Waals surface area contributed by atoms with E-state index in [9.17, 15) is 4.79 Å². The maximum atomic E-state index is 10.6. The third kappa shape index (κ3) is 1.22. The minimum absolute atomic E-state index is 0.677. The van der Waals surface area contributed by atoms with Gasteiger partial charge in [-0.15, -0.1) is 0 Å². The summed E-state index contributed by atoms with van der Waals surface area (Å²) >= 11 is 0. The first-order chi connectivity index (χ1) is 5.57. The Morgan fingerprint density at radius 3 is 2.17 bits per heavy atom. The molecule has 3 nitrogen and oxygen atoms in total. The summed E-state index contributed by atoms with van der Waals surface area (Å²) in [7, 11) is 3.94. The number of anilines is 1. The van der Waals surface area contributed by atoms with Crippen LogP contribution < -0.4 is 4.90 Å². The highest BCUT2D eigenvalue weighted by Gasteiger charge is 2.11. The number of aromatic amines is 1. The van der Waals surface area contributed by atoms with Crippen molar-refractivity contribution in [3.63, 3.8) is 0 Å². The van der Waals surface area contributed by atoms with E-state index in [1.807, 2.05) is 32.8 Å². The molecule has 1 rings (SSSR count). The molecule has 0 radical (unpaired) electrons. The fourth-order valence-corrected chi connectivity index (χ4v) is 1.55. The van der Waals surface area contributed by atoms with Crippen LogP contribution in [0.4, 0.5) is 5.69 Å². The first-order valence-corrected chi connectivity index (χ1v) is 3.89. The van der Waals surface area contributed by atoms with Crippen LogP contribution in [-0.4, -0.2) is 25.4 Å². The molecule has 0 saturated carbocycles. The van der Waals surface area contributed by atoms with E-state index in [4.69, 9.17) is 0 Å². The number of hydrogen-bond donors (Lipinski definition) is 1. The van der Waals surface area contributed by atoms with E-state index in [-0.39, 0.29) is 0 Å². The van der Waals surface area contributed by atoms with Crippen molar-refractivity contribution in [1.29, 1.82) is 0 Å². The van der Waals surface area contributed by atoms with Gasteiger partial charge in [-0.25, -0.2) is 0 Å². The molecular formula is C9H14N2O. The van der Waals surface area contributed by atoms with Crippen LogP contribution in [-0.2, 0) is 0 Å². The van der Waals surface area contributed by atoms with Gasteiger partial charge in [0.05, 0.1) is 11.4 Å². The average Bonchev–Trinajstić information content (AvgIpc) is 2.25. The summed E-state index contributed by atoms with van der Waals surface area (Å²) < 4.78 is 0. The quantitative estimate of drug-likeness (QED) is 0.676. The number of H-pyrrole nitrogens is 1. The smallest absolute Gasteiger partial charge is 0.166 e. The highest BCUT2D eigenvalue weighted by atomic mass is 16.1. The van der Waals surface area contributed by atoms with E-state index in [1.165, 1.54) is 0 Å². The second-order valence-electron chi connectivity index (χ2n) is 3.15. The number of hydrogen-bond acceptors (Lipinski definition) is 2. The monoisotopic (exact) mass is 166 g/mol. The lowest BCUT2D eigenvalue weighted by Crippen LogP contribution is -2.10. The Morgan fingerprint density at radius 1 is 1.33 bits per heavy atom. The molecule has 0 aliphatic carbocycles. The number of aryl methyl sites for hydroxylation is 1. The number of carbonyl (C=O) groups excluding carboxylic acids is 1. The number of carbonyl (C=O) groups is 1. The van der Waals surface area contributed by atoms with Gasteiger partial charge in [0, 0.05) is 25.4 Å². The van der Waals surface area contributed by atoms with Gasteiger partial charge < -0.3 is 9.88 Å². The fraction of sp³-hybridized carbons (Fsp3) is 0.444. The van der Waals surface area contributed by atoms with Crippen LogP contribution in [0.25, 0.3) is 0 Å². The summed E-state index contributed by atoms with van der Waals surface area (Å²) in [5.74, 6) is 0. The van der Waals surface area contributed by atoms with E-state index >= 15 is 0 Å². The lowest BCUT2D eigenvalue weighted by Gasteiger charge is -2.12. The summed E-state index contributed by atoms with van der Waals surface area (Å²) in [5.41, 5.74) is 3.85. The van der Waals surface area contributed by atoms with E-state index in [1.54, 1.807) is 0 Å². The van der Waals surface area contributed by atoms with Crippen molar-refractivity contribution in [2.24, 2.45) is 0 Å². The molecule has 0 aromatic carbocycles. The SMILES string of the molecule is Cc1[nH]c(C=O)c(C)c1N(C)C. The molecule has 1 heterocycles. The van der Waals surface area contributed by atoms with Gasteiger partial charge in [-0.3, -0.25) is 4.79 Å². The number of nitrogens with zero attached hydrogens (tertiary/aromatic N) is 1. The lowest BCUT2D eigenvalue weighted by molar-refractivity contribution is 0.111. The standard InChI is InChI=1S/C9H14N2O/c1-6-8(5-12)10-7(2)9(6)11(3)4/h5,10H,1-4H3. The Hall–Kier alpha value is -1.25. The minimum Gasteiger partial charge on any atom is -0.376 e. The van der Waals surface area contributed by atoms with Crippen molar-refractivity contribution in [3.05, 3.63) is 17.0 Å². The van der Waals surface area contributed by atoms with E-state index < -0.39 is 0 Å². The third-order valence-corrected chi connectivity index (χ3v) is 2.00. The molecule has 3 heteroatoms. The van der Waals surface area contributed by atoms with Gasteiger partial charge in [-0.05, 0) is 13.8 Å². The van der Waals surface area contributed by atoms with Crippen molar-refractivity contribution in [1.82, 2.24) is 4.98 Å². The molecule has 0 fully saturated rings. The Bertz CT molecular complexity index is 300. The summed E-state index contributed by atoms with van der Waals surface area (Å²) in [6.45, 7) is 3.91. The molecule has 0 aliphatic rings. The molecule has 12 heavy (non-hydrogen) atoms. The molecule has 0 spiro atoms. The van der Waals surface area contributed by atoms with Crippen LogP contribution in [0.3, 0.4) is 0 Å². The Kier molecular flexibility index (Phi) is 2.22. The van der Waals surface area contributed by atoms with E-state index in [0.717, 1.165) is 23.2 Å². The first kappa shape index (κ1) is 8.84. The number of nitrogens with one attached hydrogen (secondary N) is 1. The zero-order valence-electron chi connectivity index (χ0n) is 7.93. The fourth-order valence-electron chi connectivity index (χ4n) is 1.55. The summed E-state index contributed by atoms with van der Waals surface area (Å²) in [6.07, 6.45) is 0.856. The predicted molar refractivity (Wildman–Crippen MR) is 50.0 cm³/mol. The summed E-state index contributed by atoms with van der Waals surface area (Å²) in [5, 5.41) is 0. The molecule has 0 aliphatic heterocycles. The van der Waals surface area contributed by atoms with Crippen molar-refractivity contribution in [3.8, 4) is 0 Å². The number of aromatic nitrogens is 1. The zero-order valence-corrected chi connectivity index (χ0v) is 7.93. The van der Waals surface area contributed by atoms with E-state index in [2.05, 4.69) is 4.98 Å². The largest absolute Gasteiger partial charge is 0.376 e. The molecule has 0 atom stereocenters. The zero-order chi connectivity index (χ0) is 9.30. The van der Waals surface area contributed by atoms with Crippen molar-refractivity contribution in [2.45, 2.75) is 13.8 Å². The van der Waals surface area contributed by atoms with Crippen molar-refractivity contribution >= 4 is 12.0 Å². The summed E-state index contributed by atoms with van der Waals surface area (Å²) in [6, 6.07) is 0. The molecule has 66 valence electrons. The molecule has 1 aromatic rings. The van der Waals surface area contributed by atoms with Crippen molar-refractivity contribution < 1.29 is 4.79 Å². The van der Waals surface area contributed by atoms with Crippen LogP contribution in [0.15, 0.2) is 0 Å². The van der Waals surface area contributed by atoms with E-state index in [0.29, 0.717) is 5.69 Å². The van der Waals surface area contributed by atoms with Gasteiger partial charge >= 0.3 is 0 Å². The normalized spacial score (nSPS) is 10.0. The third-order valence-electron chi connectivity index (χ3n) is 2.00. The van der Waals surface area contributed by atoms with Crippen molar-refractivity contribution in [2.75, 3.05) is 19.0 Å². The molecule has 0 amide bonds. The maximum Gasteiger partial charge on any atom is 0.166 e. The maximum absolute atomic E-state index is 10.6. The summed E-state index contributed by atoms with van der Waals surface area (Å²) in [4.78, 5) is 15.6. The van der Waals surface area contributed by atoms with Crippen LogP contribution in [0, 0.1) is 13.8 Å². The second-order valence-corrected chi connectivity index (χ2v) is 3.15. The Morgan fingerprint density at radius 2 is 1.92 bits per heavy atom. The lowest BCUT2D eigenvalue weighted by atomic mass is 10.2. The Balaban J connectivity index is 3.27. The van der Waals surface area contributed by atoms with Gasteiger partial charge in [-0.1, -0.05) is 0 Å². The second kappa shape index (κ2) is 3.01. The van der Waals surface area contributed by atoms with Gasteiger partial charge in [0.25, 0.3) is 0 Å². The molecule has 1 N–H and O–H groups in total. The molecule has 1 aromatic heterocycles.